The molecule has 0 atom stereocenters. The number of nitrogens with zero attached hydrogens (tertiary/aromatic N) is 5. The molecule has 1 saturated carbocycles. The predicted molar refractivity (Wildman–Crippen MR) is 137 cm³/mol. The van der Waals surface area contributed by atoms with Crippen molar-refractivity contribution in [2.24, 2.45) is 4.99 Å². The van der Waals surface area contributed by atoms with E-state index in [0.29, 0.717) is 12.6 Å². The molecular formula is C20H34IN7S2. The first-order valence-corrected chi connectivity index (χ1v) is 12.7. The Kier molecular flexibility index (Phi) is 11.4. The zero-order chi connectivity index (χ0) is 20.5. The van der Waals surface area contributed by atoms with Gasteiger partial charge in [0.25, 0.3) is 0 Å². The van der Waals surface area contributed by atoms with Gasteiger partial charge in [0.1, 0.15) is 10.8 Å². The summed E-state index contributed by atoms with van der Waals surface area (Å²) >= 11 is 3.44. The SMILES string of the molecule is CCNC(=NCc1ncc(CC)s1)NCCCc1nnc(SC)n1C1CCCC1.I. The molecule has 3 rings (SSSR count). The molecule has 2 heterocycles. The van der Waals surface area contributed by atoms with Gasteiger partial charge in [0.15, 0.2) is 11.1 Å². The van der Waals surface area contributed by atoms with Crippen molar-refractivity contribution in [3.63, 3.8) is 0 Å². The van der Waals surface area contributed by atoms with Gasteiger partial charge in [-0.25, -0.2) is 9.98 Å². The Morgan fingerprint density at radius 1 is 1.27 bits per heavy atom. The summed E-state index contributed by atoms with van der Waals surface area (Å²) in [5.41, 5.74) is 0. The first-order chi connectivity index (χ1) is 14.2. The van der Waals surface area contributed by atoms with Gasteiger partial charge in [0.2, 0.25) is 0 Å². The van der Waals surface area contributed by atoms with E-state index in [0.717, 1.165) is 54.3 Å². The van der Waals surface area contributed by atoms with Crippen LogP contribution < -0.4 is 10.6 Å². The number of aryl methyl sites for hydroxylation is 2. The summed E-state index contributed by atoms with van der Waals surface area (Å²) in [5.74, 6) is 1.97. The van der Waals surface area contributed by atoms with E-state index in [1.807, 2.05) is 6.20 Å². The molecule has 0 saturated heterocycles. The summed E-state index contributed by atoms with van der Waals surface area (Å²) in [4.78, 5) is 10.4. The van der Waals surface area contributed by atoms with E-state index in [1.54, 1.807) is 23.1 Å². The van der Waals surface area contributed by atoms with Crippen molar-refractivity contribution in [3.05, 3.63) is 21.9 Å². The molecule has 0 spiro atoms. The number of aliphatic imine (C=N–C) groups is 1. The van der Waals surface area contributed by atoms with Crippen LogP contribution in [0, 0.1) is 0 Å². The van der Waals surface area contributed by atoms with E-state index in [1.165, 1.54) is 30.6 Å². The second-order valence-corrected chi connectivity index (χ2v) is 9.18. The second kappa shape index (κ2) is 13.5. The summed E-state index contributed by atoms with van der Waals surface area (Å²) in [6, 6.07) is 0.584. The summed E-state index contributed by atoms with van der Waals surface area (Å²) in [5, 5.41) is 17.8. The van der Waals surface area contributed by atoms with Gasteiger partial charge in [-0.3, -0.25) is 0 Å². The van der Waals surface area contributed by atoms with E-state index in [4.69, 9.17) is 0 Å². The van der Waals surface area contributed by atoms with Crippen LogP contribution in [0.4, 0.5) is 0 Å². The second-order valence-electron chi connectivity index (χ2n) is 7.21. The number of hydrogen-bond acceptors (Lipinski definition) is 6. The van der Waals surface area contributed by atoms with Crippen molar-refractivity contribution >= 4 is 53.0 Å². The number of nitrogens with one attached hydrogen (secondary N) is 2. The van der Waals surface area contributed by atoms with Crippen LogP contribution >= 0.6 is 47.1 Å². The zero-order valence-electron chi connectivity index (χ0n) is 18.2. The quantitative estimate of drug-likeness (QED) is 0.146. The Morgan fingerprint density at radius 3 is 2.73 bits per heavy atom. The van der Waals surface area contributed by atoms with Crippen molar-refractivity contribution in [2.75, 3.05) is 19.3 Å². The number of guanidine groups is 1. The lowest BCUT2D eigenvalue weighted by molar-refractivity contribution is 0.460. The highest BCUT2D eigenvalue weighted by molar-refractivity contribution is 14.0. The lowest BCUT2D eigenvalue weighted by Gasteiger charge is -2.16. The fraction of sp³-hybridized carbons (Fsp3) is 0.700. The Morgan fingerprint density at radius 2 is 2.07 bits per heavy atom. The lowest BCUT2D eigenvalue weighted by Crippen LogP contribution is -2.37. The molecule has 7 nitrogen and oxygen atoms in total. The summed E-state index contributed by atoms with van der Waals surface area (Å²) in [6.07, 6.45) is 12.2. The number of aromatic nitrogens is 4. The highest BCUT2D eigenvalue weighted by Gasteiger charge is 2.23. The van der Waals surface area contributed by atoms with Crippen LogP contribution in [0.5, 0.6) is 0 Å². The maximum atomic E-state index is 4.68. The molecule has 2 N–H and O–H groups in total. The molecule has 10 heteroatoms. The van der Waals surface area contributed by atoms with Crippen molar-refractivity contribution < 1.29 is 0 Å². The minimum absolute atomic E-state index is 0. The monoisotopic (exact) mass is 563 g/mol. The predicted octanol–water partition coefficient (Wildman–Crippen LogP) is 4.44. The smallest absolute Gasteiger partial charge is 0.191 e. The molecule has 0 aromatic carbocycles. The van der Waals surface area contributed by atoms with Crippen LogP contribution in [-0.2, 0) is 19.4 Å². The maximum Gasteiger partial charge on any atom is 0.191 e. The molecule has 30 heavy (non-hydrogen) atoms. The molecule has 0 aliphatic heterocycles. The highest BCUT2D eigenvalue weighted by atomic mass is 127. The number of thioether (sulfide) groups is 1. The van der Waals surface area contributed by atoms with Crippen LogP contribution in [-0.4, -0.2) is 45.1 Å². The molecule has 0 amide bonds. The largest absolute Gasteiger partial charge is 0.357 e. The molecule has 0 radical (unpaired) electrons. The summed E-state index contributed by atoms with van der Waals surface area (Å²) < 4.78 is 2.39. The fourth-order valence-corrected chi connectivity index (χ4v) is 5.03. The lowest BCUT2D eigenvalue weighted by atomic mass is 10.2. The fourth-order valence-electron chi connectivity index (χ4n) is 3.67. The topological polar surface area (TPSA) is 80.0 Å². The third kappa shape index (κ3) is 7.08. The normalized spacial score (nSPS) is 14.7. The van der Waals surface area contributed by atoms with Gasteiger partial charge in [-0.2, -0.15) is 0 Å². The molecule has 1 aliphatic rings. The van der Waals surface area contributed by atoms with Crippen LogP contribution in [0.2, 0.25) is 0 Å². The first kappa shape index (κ1) is 25.4. The van der Waals surface area contributed by atoms with Gasteiger partial charge in [-0.05, 0) is 38.9 Å². The molecule has 1 aliphatic carbocycles. The number of halogens is 1. The number of hydrogen-bond donors (Lipinski definition) is 2. The van der Waals surface area contributed by atoms with Crippen LogP contribution in [0.3, 0.4) is 0 Å². The van der Waals surface area contributed by atoms with E-state index in [9.17, 15) is 0 Å². The van der Waals surface area contributed by atoms with Crippen LogP contribution in [0.15, 0.2) is 16.3 Å². The van der Waals surface area contributed by atoms with E-state index in [2.05, 4.69) is 55.5 Å². The molecular weight excluding hydrogens is 529 g/mol. The van der Waals surface area contributed by atoms with E-state index in [-0.39, 0.29) is 24.0 Å². The average molecular weight is 564 g/mol. The molecule has 0 bridgehead atoms. The van der Waals surface area contributed by atoms with Gasteiger partial charge in [-0.15, -0.1) is 45.5 Å². The van der Waals surface area contributed by atoms with E-state index >= 15 is 0 Å². The standard InChI is InChI=1S/C20H33N7S2.HI/c1-4-16-13-23-18(29-16)14-24-19(21-5-2)22-12-8-11-17-25-26-20(28-3)27(17)15-9-6-7-10-15;/h13,15H,4-12,14H2,1-3H3,(H2,21,22,24);1H. The Hall–Kier alpha value is -0.880. The Balaban J connectivity index is 0.00000320. The van der Waals surface area contributed by atoms with Crippen molar-refractivity contribution in [3.8, 4) is 0 Å². The van der Waals surface area contributed by atoms with Crippen molar-refractivity contribution in [2.45, 2.75) is 76.5 Å². The van der Waals surface area contributed by atoms with Crippen LogP contribution in [0.1, 0.15) is 67.7 Å². The van der Waals surface area contributed by atoms with Gasteiger partial charge in [0.05, 0.1) is 6.54 Å². The molecule has 1 fully saturated rings. The number of rotatable bonds is 10. The van der Waals surface area contributed by atoms with Crippen molar-refractivity contribution in [1.29, 1.82) is 0 Å². The molecule has 2 aromatic heterocycles. The Bertz CT molecular complexity index is 784. The maximum absolute atomic E-state index is 4.68. The third-order valence-corrected chi connectivity index (χ3v) is 6.91. The van der Waals surface area contributed by atoms with Gasteiger partial charge < -0.3 is 15.2 Å². The minimum atomic E-state index is 0. The third-order valence-electron chi connectivity index (χ3n) is 5.14. The first-order valence-electron chi connectivity index (χ1n) is 10.7. The summed E-state index contributed by atoms with van der Waals surface area (Å²) in [6.45, 7) is 6.56. The molecule has 168 valence electrons. The summed E-state index contributed by atoms with van der Waals surface area (Å²) in [7, 11) is 0. The van der Waals surface area contributed by atoms with Gasteiger partial charge in [0, 0.05) is 36.6 Å². The Labute approximate surface area is 205 Å². The van der Waals surface area contributed by atoms with Crippen LogP contribution in [0.25, 0.3) is 0 Å². The highest BCUT2D eigenvalue weighted by Crippen LogP contribution is 2.33. The zero-order valence-corrected chi connectivity index (χ0v) is 22.1. The number of thiazole rings is 1. The van der Waals surface area contributed by atoms with Crippen molar-refractivity contribution in [1.82, 2.24) is 30.4 Å². The molecule has 2 aromatic rings. The average Bonchev–Trinajstić information content (AvgIpc) is 3.49. The van der Waals surface area contributed by atoms with Gasteiger partial charge in [-0.1, -0.05) is 31.5 Å². The molecule has 0 unspecified atom stereocenters. The minimum Gasteiger partial charge on any atom is -0.357 e. The van der Waals surface area contributed by atoms with E-state index < -0.39 is 0 Å². The van der Waals surface area contributed by atoms with Gasteiger partial charge >= 0.3 is 0 Å².